The molecular formula is C6H6O23S5-6. The summed E-state index contributed by atoms with van der Waals surface area (Å²) in [5.41, 5.74) is 0. The fraction of sp³-hybridized carbons (Fsp3) is 1.00. The Bertz CT molecular complexity index is 1160. The lowest BCUT2D eigenvalue weighted by atomic mass is 9.85. The van der Waals surface area contributed by atoms with E-state index in [0.717, 1.165) is 0 Å². The number of hydrogen-bond acceptors (Lipinski definition) is 23. The molecule has 0 saturated heterocycles. The van der Waals surface area contributed by atoms with Gasteiger partial charge in [-0.25, -0.2) is 47.0 Å². The van der Waals surface area contributed by atoms with Crippen molar-refractivity contribution in [3.05, 3.63) is 0 Å². The van der Waals surface area contributed by atoms with Crippen molar-refractivity contribution in [3.8, 4) is 0 Å². The molecule has 1 rings (SSSR count). The lowest BCUT2D eigenvalue weighted by molar-refractivity contribution is -0.807. The molecule has 4 unspecified atom stereocenters. The zero-order valence-corrected chi connectivity index (χ0v) is 19.0. The number of rotatable bonds is 12. The molecule has 0 aliphatic heterocycles. The van der Waals surface area contributed by atoms with Crippen LogP contribution in [0, 0.1) is 0 Å². The van der Waals surface area contributed by atoms with Crippen molar-refractivity contribution in [2.45, 2.75) is 36.6 Å². The molecule has 1 aliphatic carbocycles. The molecular weight excluding hydrogens is 600 g/mol. The van der Waals surface area contributed by atoms with Gasteiger partial charge in [-0.05, 0) is 0 Å². The average molecular weight is 606 g/mol. The maximum absolute atomic E-state index is 11.0. The quantitative estimate of drug-likeness (QED) is 0.0861. The van der Waals surface area contributed by atoms with E-state index in [-0.39, 0.29) is 0 Å². The second-order valence-corrected chi connectivity index (χ2v) is 10.5. The molecule has 34 heavy (non-hydrogen) atoms. The van der Waals surface area contributed by atoms with Crippen LogP contribution < -0.4 is 5.26 Å². The summed E-state index contributed by atoms with van der Waals surface area (Å²) in [6.45, 7) is 0. The first-order chi connectivity index (χ1) is 14.9. The van der Waals surface area contributed by atoms with E-state index in [1.54, 1.807) is 0 Å². The second-order valence-electron chi connectivity index (χ2n) is 5.47. The molecule has 0 spiro atoms. The van der Waals surface area contributed by atoms with Crippen LogP contribution in [-0.4, -0.2) is 101 Å². The minimum atomic E-state index is -6.27. The molecule has 28 heteroatoms. The Morgan fingerprint density at radius 3 is 0.706 bits per heavy atom. The van der Waals surface area contributed by atoms with Crippen molar-refractivity contribution in [2.24, 2.45) is 0 Å². The third-order valence-corrected chi connectivity index (χ3v) is 5.53. The van der Waals surface area contributed by atoms with Gasteiger partial charge in [-0.15, -0.1) is 0 Å². The highest BCUT2D eigenvalue weighted by atomic mass is 32.3. The van der Waals surface area contributed by atoms with E-state index >= 15 is 0 Å². The molecule has 0 aromatic rings. The van der Waals surface area contributed by atoms with E-state index in [1.165, 1.54) is 0 Å². The Morgan fingerprint density at radius 2 is 0.559 bits per heavy atom. The Labute approximate surface area is 189 Å². The van der Waals surface area contributed by atoms with Crippen molar-refractivity contribution in [1.82, 2.24) is 0 Å². The largest absolute Gasteiger partial charge is 0.726 e. The van der Waals surface area contributed by atoms with Crippen molar-refractivity contribution >= 4 is 52.0 Å². The SMILES string of the molecule is O=S(=O)([O-])OC1C(OO[O-])C(OS(=O)(=O)[O-])C(OS(=O)(=O)[O-])C(OS(=O)(=O)[O-])C1OS(=O)(=O)[O-]. The van der Waals surface area contributed by atoms with Crippen LogP contribution in [0.3, 0.4) is 0 Å². The first-order valence-electron chi connectivity index (χ1n) is 7.08. The minimum absolute atomic E-state index is 2.77. The molecule has 4 atom stereocenters. The normalized spacial score (nSPS) is 29.7. The van der Waals surface area contributed by atoms with E-state index in [0.29, 0.717) is 0 Å². The molecule has 1 fully saturated rings. The van der Waals surface area contributed by atoms with Gasteiger partial charge in [0.15, 0.2) is 6.10 Å². The zero-order valence-electron chi connectivity index (χ0n) is 14.9. The van der Waals surface area contributed by atoms with E-state index in [2.05, 4.69) is 30.8 Å². The monoisotopic (exact) mass is 606 g/mol. The van der Waals surface area contributed by atoms with Crippen LogP contribution in [0.2, 0.25) is 0 Å². The minimum Gasteiger partial charge on any atom is -0.726 e. The Balaban J connectivity index is 3.99. The first-order valence-corrected chi connectivity index (χ1v) is 13.7. The molecule has 0 radical (unpaired) electrons. The van der Waals surface area contributed by atoms with Gasteiger partial charge >= 0.3 is 0 Å². The third-order valence-electron chi connectivity index (χ3n) is 3.24. The van der Waals surface area contributed by atoms with Crippen LogP contribution in [0.5, 0.6) is 0 Å². The van der Waals surface area contributed by atoms with Crippen molar-refractivity contribution in [1.29, 1.82) is 0 Å². The molecule has 0 aromatic heterocycles. The van der Waals surface area contributed by atoms with Gasteiger partial charge < -0.3 is 28.0 Å². The van der Waals surface area contributed by atoms with Crippen molar-refractivity contribution in [2.75, 3.05) is 0 Å². The fourth-order valence-corrected chi connectivity index (χ4v) is 4.96. The van der Waals surface area contributed by atoms with Crippen LogP contribution in [0.1, 0.15) is 0 Å². The third kappa shape index (κ3) is 10.9. The van der Waals surface area contributed by atoms with Crippen LogP contribution in [0.4, 0.5) is 0 Å². The fourth-order valence-electron chi connectivity index (χ4n) is 2.50. The van der Waals surface area contributed by atoms with E-state index < -0.39 is 88.6 Å². The molecule has 0 bridgehead atoms. The summed E-state index contributed by atoms with van der Waals surface area (Å²) in [4.78, 5) is 3.72. The van der Waals surface area contributed by atoms with Gasteiger partial charge in [-0.3, -0.25) is 26.0 Å². The highest BCUT2D eigenvalue weighted by Crippen LogP contribution is 2.36. The predicted molar refractivity (Wildman–Crippen MR) is 78.8 cm³/mol. The molecule has 0 aromatic carbocycles. The van der Waals surface area contributed by atoms with Gasteiger partial charge in [0.2, 0.25) is 52.0 Å². The topological polar surface area (TPSA) is 374 Å². The van der Waals surface area contributed by atoms with E-state index in [1.807, 2.05) is 0 Å². The molecule has 1 aliphatic rings. The first kappa shape index (κ1) is 31.3. The van der Waals surface area contributed by atoms with Crippen molar-refractivity contribution < 1.29 is 101 Å². The van der Waals surface area contributed by atoms with Gasteiger partial charge in [-0.1, -0.05) is 0 Å². The highest BCUT2D eigenvalue weighted by molar-refractivity contribution is 7.81. The Kier molecular flexibility index (Phi) is 9.83. The summed E-state index contributed by atoms with van der Waals surface area (Å²) in [6.07, 6.45) is -20.1. The summed E-state index contributed by atoms with van der Waals surface area (Å²) >= 11 is 0. The maximum Gasteiger partial charge on any atom is 0.218 e. The summed E-state index contributed by atoms with van der Waals surface area (Å²) in [7, 11) is -31.2. The van der Waals surface area contributed by atoms with Crippen LogP contribution in [0.15, 0.2) is 0 Å². The Hall–Kier alpha value is -0.770. The standard InChI is InChI=1S/C6H12O23S5/c7-29-23-1-2(24-30(8,9)10)4(26-32(14,15)16)6(28-34(20,21)22)5(27-33(17,18)19)3(1)25-31(11,12)13/h1-7H,(H,8,9,10)(H,11,12,13)(H,14,15,16)(H,17,18,19)(H,20,21,22)/p-6. The molecule has 204 valence electrons. The molecule has 1 saturated carbocycles. The van der Waals surface area contributed by atoms with Crippen LogP contribution in [-0.2, 0) is 82.8 Å². The second kappa shape index (κ2) is 10.7. The summed E-state index contributed by atoms with van der Waals surface area (Å²) in [5, 5.41) is 13.2. The van der Waals surface area contributed by atoms with Gasteiger partial charge in [0.05, 0.1) is 0 Å². The van der Waals surface area contributed by atoms with Gasteiger partial charge in [-0.2, -0.15) is 0 Å². The number of hydrogen-bond donors (Lipinski definition) is 0. The lowest BCUT2D eigenvalue weighted by Gasteiger charge is -2.48. The summed E-state index contributed by atoms with van der Waals surface area (Å²) in [6, 6.07) is 0. The predicted octanol–water partition coefficient (Wildman–Crippen LogP) is -7.18. The van der Waals surface area contributed by atoms with Gasteiger partial charge in [0.1, 0.15) is 30.5 Å². The highest BCUT2D eigenvalue weighted by Gasteiger charge is 2.59. The van der Waals surface area contributed by atoms with Gasteiger partial charge in [0, 0.05) is 0 Å². The zero-order chi connectivity index (χ0) is 26.9. The molecule has 23 nitrogen and oxygen atoms in total. The van der Waals surface area contributed by atoms with Crippen LogP contribution in [0.25, 0.3) is 0 Å². The molecule has 0 heterocycles. The Morgan fingerprint density at radius 1 is 0.382 bits per heavy atom. The summed E-state index contributed by atoms with van der Waals surface area (Å²) < 4.78 is 183. The molecule has 0 N–H and O–H groups in total. The lowest BCUT2D eigenvalue weighted by Crippen LogP contribution is -2.68. The van der Waals surface area contributed by atoms with Crippen molar-refractivity contribution in [3.63, 3.8) is 0 Å². The van der Waals surface area contributed by atoms with E-state index in [4.69, 9.17) is 0 Å². The summed E-state index contributed by atoms with van der Waals surface area (Å²) in [5.74, 6) is 0. The van der Waals surface area contributed by atoms with E-state index in [9.17, 15) is 70.1 Å². The van der Waals surface area contributed by atoms with Gasteiger partial charge in [0.25, 0.3) is 0 Å². The van der Waals surface area contributed by atoms with Crippen LogP contribution >= 0.6 is 0 Å². The smallest absolute Gasteiger partial charge is 0.218 e. The molecule has 0 amide bonds. The maximum atomic E-state index is 11.0. The average Bonchev–Trinajstić information content (AvgIpc) is 2.52.